The average Bonchev–Trinajstić information content (AvgIpc) is 3.00. The number of carbonyl (C=O) groups is 1. The van der Waals surface area contributed by atoms with Gasteiger partial charge in [0.15, 0.2) is 35.0 Å². The molecule has 0 aromatic heterocycles. The van der Waals surface area contributed by atoms with Crippen LogP contribution < -0.4 is 28.4 Å². The summed E-state index contributed by atoms with van der Waals surface area (Å²) in [6, 6.07) is 14.0. The predicted octanol–water partition coefficient (Wildman–Crippen LogP) is 5.39. The molecule has 3 aromatic carbocycles. The van der Waals surface area contributed by atoms with Crippen molar-refractivity contribution in [2.45, 2.75) is 37.4 Å². The van der Waals surface area contributed by atoms with Crippen LogP contribution in [0.5, 0.6) is 34.5 Å². The molecular weight excluding hydrogens is 554 g/mol. The largest absolute Gasteiger partial charge is 0.497 e. The molecule has 1 atom stereocenters. The number of nitrogens with one attached hydrogen (secondary N) is 1. The first-order chi connectivity index (χ1) is 19.8. The molecule has 1 saturated heterocycles. The molecule has 1 N–H and O–H groups in total. The van der Waals surface area contributed by atoms with Crippen molar-refractivity contribution in [3.63, 3.8) is 0 Å². The fourth-order valence-electron chi connectivity index (χ4n) is 4.16. The van der Waals surface area contributed by atoms with Gasteiger partial charge in [-0.15, -0.1) is 0 Å². The number of sulfonamides is 1. The average molecular weight is 588 g/mol. The highest BCUT2D eigenvalue weighted by atomic mass is 32.2. The van der Waals surface area contributed by atoms with E-state index in [4.69, 9.17) is 33.2 Å². The topological polar surface area (TPSA) is 128 Å². The molecule has 41 heavy (non-hydrogen) atoms. The second-order valence-corrected chi connectivity index (χ2v) is 10.5. The van der Waals surface area contributed by atoms with Crippen LogP contribution in [0.2, 0.25) is 0 Å². The lowest BCUT2D eigenvalue weighted by atomic mass is 10.1. The van der Waals surface area contributed by atoms with Gasteiger partial charge >= 0.3 is 5.97 Å². The molecule has 1 unspecified atom stereocenters. The second kappa shape index (κ2) is 13.5. The molecule has 1 fully saturated rings. The highest BCUT2D eigenvalue weighted by molar-refractivity contribution is 7.92. The minimum absolute atomic E-state index is 0.0492. The van der Waals surface area contributed by atoms with Crippen molar-refractivity contribution < 1.29 is 46.4 Å². The first kappa shape index (κ1) is 29.8. The third-order valence-electron chi connectivity index (χ3n) is 6.18. The Hall–Kier alpha value is -4.16. The van der Waals surface area contributed by atoms with Gasteiger partial charge in [0.1, 0.15) is 17.0 Å². The number of para-hydroxylation sites is 2. The van der Waals surface area contributed by atoms with Crippen LogP contribution in [-0.2, 0) is 19.5 Å². The SMILES string of the molecule is CCOc1cc(C(=O)OC)c(OC2CCCCO2)c(NS(=O)(=O)c2ccc(OC)cc2)c1Oc1ccccc1OC. The Morgan fingerprint density at radius 1 is 0.951 bits per heavy atom. The molecule has 3 aromatic rings. The molecule has 0 aliphatic carbocycles. The number of benzene rings is 3. The second-order valence-electron chi connectivity index (χ2n) is 8.83. The molecule has 0 spiro atoms. The zero-order valence-corrected chi connectivity index (χ0v) is 24.1. The Kier molecular flexibility index (Phi) is 9.79. The zero-order valence-electron chi connectivity index (χ0n) is 23.3. The molecule has 0 bridgehead atoms. The Labute approximate surface area is 239 Å². The summed E-state index contributed by atoms with van der Waals surface area (Å²) in [5, 5.41) is 0. The quantitative estimate of drug-likeness (QED) is 0.276. The van der Waals surface area contributed by atoms with Gasteiger partial charge in [0.05, 0.1) is 39.4 Å². The third-order valence-corrected chi connectivity index (χ3v) is 7.54. The number of carbonyl (C=O) groups excluding carboxylic acids is 1. The zero-order chi connectivity index (χ0) is 29.4. The summed E-state index contributed by atoms with van der Waals surface area (Å²) in [5.41, 5.74) is -0.253. The fraction of sp³-hybridized carbons (Fsp3) is 0.345. The van der Waals surface area contributed by atoms with Crippen molar-refractivity contribution in [1.82, 2.24) is 0 Å². The van der Waals surface area contributed by atoms with Crippen molar-refractivity contribution in [2.75, 3.05) is 39.3 Å². The van der Waals surface area contributed by atoms with Crippen molar-refractivity contribution in [2.24, 2.45) is 0 Å². The Morgan fingerprint density at radius 3 is 2.29 bits per heavy atom. The van der Waals surface area contributed by atoms with Gasteiger partial charge in [0.25, 0.3) is 10.0 Å². The summed E-state index contributed by atoms with van der Waals surface area (Å²) >= 11 is 0. The summed E-state index contributed by atoms with van der Waals surface area (Å²) in [5.74, 6) is 0.254. The van der Waals surface area contributed by atoms with Gasteiger partial charge in [-0.05, 0) is 56.2 Å². The molecule has 220 valence electrons. The van der Waals surface area contributed by atoms with Crippen molar-refractivity contribution in [3.8, 4) is 34.5 Å². The Bertz CT molecular complexity index is 1450. The van der Waals surface area contributed by atoms with E-state index in [-0.39, 0.29) is 45.8 Å². The van der Waals surface area contributed by atoms with Gasteiger partial charge in [-0.1, -0.05) is 12.1 Å². The molecule has 0 saturated carbocycles. The number of methoxy groups -OCH3 is 3. The molecule has 0 amide bonds. The molecule has 4 rings (SSSR count). The van der Waals surface area contributed by atoms with Gasteiger partial charge in [0.2, 0.25) is 0 Å². The van der Waals surface area contributed by atoms with Gasteiger partial charge in [-0.2, -0.15) is 0 Å². The van der Waals surface area contributed by atoms with E-state index in [1.165, 1.54) is 51.7 Å². The van der Waals surface area contributed by atoms with Crippen LogP contribution >= 0.6 is 0 Å². The van der Waals surface area contributed by atoms with E-state index in [9.17, 15) is 13.2 Å². The fourth-order valence-corrected chi connectivity index (χ4v) is 5.23. The number of ether oxygens (including phenoxy) is 7. The normalized spacial score (nSPS) is 15.0. The van der Waals surface area contributed by atoms with Crippen LogP contribution in [0.4, 0.5) is 5.69 Å². The van der Waals surface area contributed by atoms with Crippen LogP contribution in [0, 0.1) is 0 Å². The molecular formula is C29H33NO10S. The lowest BCUT2D eigenvalue weighted by Crippen LogP contribution is -2.27. The number of esters is 1. The standard InChI is InChI=1S/C29H33NO10S/c1-5-37-24-18-21(29(31)36-4)27(40-25-12-8-9-17-38-25)26(28(24)39-23-11-7-6-10-22(23)35-3)30-41(32,33)20-15-13-19(34-2)14-16-20/h6-7,10-11,13-16,18,25,30H,5,8-9,12,17H2,1-4H3. The molecule has 0 radical (unpaired) electrons. The van der Waals surface area contributed by atoms with Gasteiger partial charge in [-0.3, -0.25) is 4.72 Å². The van der Waals surface area contributed by atoms with Crippen molar-refractivity contribution in [3.05, 3.63) is 60.2 Å². The first-order valence-corrected chi connectivity index (χ1v) is 14.5. The van der Waals surface area contributed by atoms with E-state index in [1.54, 1.807) is 31.2 Å². The van der Waals surface area contributed by atoms with E-state index in [2.05, 4.69) is 4.72 Å². The Morgan fingerprint density at radius 2 is 1.68 bits per heavy atom. The van der Waals surface area contributed by atoms with Crippen LogP contribution in [0.1, 0.15) is 36.5 Å². The van der Waals surface area contributed by atoms with Crippen molar-refractivity contribution in [1.29, 1.82) is 0 Å². The lowest BCUT2D eigenvalue weighted by Gasteiger charge is -2.27. The van der Waals surface area contributed by atoms with E-state index in [0.717, 1.165) is 12.8 Å². The van der Waals surface area contributed by atoms with Gasteiger partial charge < -0.3 is 33.2 Å². The lowest BCUT2D eigenvalue weighted by molar-refractivity contribution is -0.105. The maximum absolute atomic E-state index is 13.7. The maximum Gasteiger partial charge on any atom is 0.341 e. The highest BCUT2D eigenvalue weighted by Crippen LogP contribution is 2.50. The predicted molar refractivity (Wildman–Crippen MR) is 150 cm³/mol. The monoisotopic (exact) mass is 587 g/mol. The summed E-state index contributed by atoms with van der Waals surface area (Å²) in [7, 11) is -0.0856. The number of anilines is 1. The number of hydrogen-bond donors (Lipinski definition) is 1. The Balaban J connectivity index is 1.96. The highest BCUT2D eigenvalue weighted by Gasteiger charge is 2.32. The number of hydrogen-bond acceptors (Lipinski definition) is 10. The summed E-state index contributed by atoms with van der Waals surface area (Å²) in [4.78, 5) is 12.9. The molecule has 12 heteroatoms. The van der Waals surface area contributed by atoms with Crippen LogP contribution in [-0.4, -0.2) is 55.2 Å². The van der Waals surface area contributed by atoms with E-state index >= 15 is 0 Å². The third kappa shape index (κ3) is 6.95. The summed E-state index contributed by atoms with van der Waals surface area (Å²) in [6.45, 7) is 2.37. The molecule has 1 aliphatic heterocycles. The van der Waals surface area contributed by atoms with E-state index < -0.39 is 22.3 Å². The first-order valence-electron chi connectivity index (χ1n) is 13.0. The molecule has 1 aliphatic rings. The summed E-state index contributed by atoms with van der Waals surface area (Å²) < 4.78 is 69.7. The van der Waals surface area contributed by atoms with E-state index in [1.807, 2.05) is 0 Å². The summed E-state index contributed by atoms with van der Waals surface area (Å²) in [6.07, 6.45) is 1.47. The minimum Gasteiger partial charge on any atom is -0.497 e. The van der Waals surface area contributed by atoms with Crippen molar-refractivity contribution >= 4 is 21.7 Å². The smallest absolute Gasteiger partial charge is 0.341 e. The van der Waals surface area contributed by atoms with Crippen LogP contribution in [0.15, 0.2) is 59.5 Å². The van der Waals surface area contributed by atoms with Gasteiger partial charge in [-0.25, -0.2) is 13.2 Å². The minimum atomic E-state index is -4.26. The maximum atomic E-state index is 13.7. The van der Waals surface area contributed by atoms with Crippen LogP contribution in [0.25, 0.3) is 0 Å². The number of rotatable bonds is 12. The van der Waals surface area contributed by atoms with E-state index in [0.29, 0.717) is 24.5 Å². The van der Waals surface area contributed by atoms with Gasteiger partial charge in [0, 0.05) is 12.5 Å². The van der Waals surface area contributed by atoms with Crippen LogP contribution in [0.3, 0.4) is 0 Å². The molecule has 11 nitrogen and oxygen atoms in total. The molecule has 1 heterocycles.